The zero-order valence-electron chi connectivity index (χ0n) is 18.1. The van der Waals surface area contributed by atoms with Crippen LogP contribution in [0.4, 0.5) is 19.3 Å². The second kappa shape index (κ2) is 9.57. The van der Waals surface area contributed by atoms with Crippen LogP contribution in [-0.4, -0.2) is 27.4 Å². The van der Waals surface area contributed by atoms with Crippen molar-refractivity contribution in [2.75, 3.05) is 5.32 Å². The third kappa shape index (κ3) is 5.11. The molecule has 0 aliphatic heterocycles. The molecule has 0 unspecified atom stereocenters. The van der Waals surface area contributed by atoms with E-state index in [-0.39, 0.29) is 23.6 Å². The first-order valence-electron chi connectivity index (χ1n) is 10.0. The topological polar surface area (TPSA) is 127 Å². The molecule has 0 bridgehead atoms. The Labute approximate surface area is 191 Å². The highest BCUT2D eigenvalue weighted by Crippen LogP contribution is 2.26. The first-order chi connectivity index (χ1) is 16.3. The predicted octanol–water partition coefficient (Wildman–Crippen LogP) is 3.58. The quantitative estimate of drug-likeness (QED) is 0.413. The lowest BCUT2D eigenvalue weighted by Crippen LogP contribution is -2.37. The van der Waals surface area contributed by atoms with Gasteiger partial charge in [0.25, 0.3) is 18.4 Å². The number of nitrogens with one attached hydrogen (secondary N) is 2. The van der Waals surface area contributed by atoms with Crippen molar-refractivity contribution >= 4 is 17.6 Å². The maximum Gasteiger partial charge on any atom is 0.326 e. The van der Waals surface area contributed by atoms with Crippen LogP contribution in [0.3, 0.4) is 0 Å². The van der Waals surface area contributed by atoms with E-state index in [0.29, 0.717) is 11.5 Å². The molecule has 174 valence electrons. The molecule has 3 heterocycles. The lowest BCUT2D eigenvalue weighted by Gasteiger charge is -2.06. The fourth-order valence-corrected chi connectivity index (χ4v) is 3.26. The largest absolute Gasteiger partial charge is 0.361 e. The molecule has 10 nitrogen and oxygen atoms in total. The molecular weight excluding hydrogens is 450 g/mol. The highest BCUT2D eigenvalue weighted by Gasteiger charge is 2.22. The number of urea groups is 1. The van der Waals surface area contributed by atoms with Gasteiger partial charge in [-0.25, -0.2) is 13.6 Å². The Kier molecular flexibility index (Phi) is 6.39. The number of carbonyl (C=O) groups excluding carboxylic acids is 2. The number of hydrogen-bond donors (Lipinski definition) is 2. The minimum atomic E-state index is -2.68. The monoisotopic (exact) mass is 469 g/mol. The summed E-state index contributed by atoms with van der Waals surface area (Å²) < 4.78 is 37.1. The number of carbonyl (C=O) groups is 2. The second-order valence-corrected chi connectivity index (χ2v) is 7.34. The molecule has 2 N–H and O–H groups in total. The molecule has 34 heavy (non-hydrogen) atoms. The lowest BCUT2D eigenvalue weighted by molar-refractivity contribution is -0.755. The second-order valence-electron chi connectivity index (χ2n) is 7.34. The maximum absolute atomic E-state index is 12.8. The molecule has 1 aromatic carbocycles. The van der Waals surface area contributed by atoms with E-state index in [4.69, 9.17) is 9.05 Å². The molecule has 0 saturated carbocycles. The minimum Gasteiger partial charge on any atom is -0.361 e. The summed E-state index contributed by atoms with van der Waals surface area (Å²) in [6.07, 6.45) is 0.311. The number of hydrogen-bond acceptors (Lipinski definition) is 7. The zero-order chi connectivity index (χ0) is 24.2. The van der Waals surface area contributed by atoms with Crippen LogP contribution >= 0.6 is 0 Å². The molecule has 0 saturated heterocycles. The fourth-order valence-electron chi connectivity index (χ4n) is 3.26. The van der Waals surface area contributed by atoms with Crippen LogP contribution in [0, 0.1) is 13.8 Å². The smallest absolute Gasteiger partial charge is 0.326 e. The molecule has 12 heteroatoms. The number of amides is 3. The number of anilines is 1. The highest BCUT2D eigenvalue weighted by molar-refractivity contribution is 6.06. The third-order valence-corrected chi connectivity index (χ3v) is 4.83. The van der Waals surface area contributed by atoms with Crippen molar-refractivity contribution < 1.29 is 32.1 Å². The minimum absolute atomic E-state index is 0.113. The van der Waals surface area contributed by atoms with Crippen LogP contribution in [0.25, 0.3) is 11.1 Å². The number of benzene rings is 1. The molecule has 0 aliphatic carbocycles. The predicted molar refractivity (Wildman–Crippen MR) is 113 cm³/mol. The summed E-state index contributed by atoms with van der Waals surface area (Å²) in [5.74, 6) is -0.376. The molecule has 3 aromatic heterocycles. The van der Waals surface area contributed by atoms with Gasteiger partial charge in [0.2, 0.25) is 6.54 Å². The zero-order valence-corrected chi connectivity index (χ0v) is 18.1. The number of imide groups is 1. The Morgan fingerprint density at radius 3 is 2.65 bits per heavy atom. The van der Waals surface area contributed by atoms with Crippen molar-refractivity contribution in [1.29, 1.82) is 0 Å². The van der Waals surface area contributed by atoms with Crippen LogP contribution in [0.15, 0.2) is 57.8 Å². The number of nitrogens with zero attached hydrogens (tertiary/aromatic N) is 4. The van der Waals surface area contributed by atoms with E-state index in [1.165, 1.54) is 29.1 Å². The first kappa shape index (κ1) is 22.7. The number of halogens is 2. The van der Waals surface area contributed by atoms with E-state index < -0.39 is 18.4 Å². The van der Waals surface area contributed by atoms with Gasteiger partial charge in [-0.3, -0.25) is 19.6 Å². The van der Waals surface area contributed by atoms with Gasteiger partial charge in [0.15, 0.2) is 5.27 Å². The normalized spacial score (nSPS) is 11.0. The Balaban J connectivity index is 1.36. The Hall–Kier alpha value is -4.48. The van der Waals surface area contributed by atoms with Gasteiger partial charge in [-0.2, -0.15) is 0 Å². The Morgan fingerprint density at radius 1 is 1.15 bits per heavy atom. The summed E-state index contributed by atoms with van der Waals surface area (Å²) in [7, 11) is 0. The molecule has 0 atom stereocenters. The number of pyridine rings is 1. The van der Waals surface area contributed by atoms with Crippen LogP contribution in [0.1, 0.15) is 39.7 Å². The van der Waals surface area contributed by atoms with Crippen LogP contribution in [0.2, 0.25) is 0 Å². The summed E-state index contributed by atoms with van der Waals surface area (Å²) in [6.45, 7) is 3.88. The number of rotatable bonds is 6. The van der Waals surface area contributed by atoms with Crippen molar-refractivity contribution in [3.05, 3.63) is 77.3 Å². The molecular formula is C22H19F2N6O4+. The van der Waals surface area contributed by atoms with Gasteiger partial charge in [0.1, 0.15) is 11.5 Å². The Morgan fingerprint density at radius 2 is 1.97 bits per heavy atom. The third-order valence-electron chi connectivity index (χ3n) is 4.83. The molecule has 4 rings (SSSR count). The molecule has 0 fully saturated rings. The van der Waals surface area contributed by atoms with Crippen LogP contribution in [-0.2, 0) is 6.54 Å². The average molecular weight is 469 g/mol. The standard InChI is InChI=1S/C22H18F2N6O4/c1-12-19(13(2)33-28-12)15-6-7-17(25-9-15)10-30-11-18(34-29-30)21(31)27-22(32)26-16-5-3-4-14(8-16)20(23)24/h3-9,11,20H,10H2,1-2H3,(H-,26,27,31,32)/p+1. The van der Waals surface area contributed by atoms with Crippen molar-refractivity contribution in [3.8, 4) is 11.1 Å². The van der Waals surface area contributed by atoms with Crippen molar-refractivity contribution in [1.82, 2.24) is 20.7 Å². The van der Waals surface area contributed by atoms with E-state index >= 15 is 0 Å². The first-order valence-corrected chi connectivity index (χ1v) is 10.0. The van der Waals surface area contributed by atoms with Gasteiger partial charge in [-0.05, 0) is 36.7 Å². The average Bonchev–Trinajstić information content (AvgIpc) is 3.41. The summed E-state index contributed by atoms with van der Waals surface area (Å²) in [5, 5.41) is 12.1. The van der Waals surface area contributed by atoms with E-state index in [0.717, 1.165) is 22.9 Å². The Bertz CT molecular complexity index is 1310. The van der Waals surface area contributed by atoms with Gasteiger partial charge >= 0.3 is 11.9 Å². The van der Waals surface area contributed by atoms with Gasteiger partial charge in [-0.15, -0.1) is 0 Å². The summed E-state index contributed by atoms with van der Waals surface area (Å²) in [6, 6.07) is 7.89. The van der Waals surface area contributed by atoms with E-state index in [9.17, 15) is 18.4 Å². The summed E-state index contributed by atoms with van der Waals surface area (Å²) >= 11 is 0. The van der Waals surface area contributed by atoms with Gasteiger partial charge < -0.3 is 9.84 Å². The maximum atomic E-state index is 12.8. The SMILES string of the molecule is Cc1noc(C)c1-c1ccc(C[n+]2cc(C(=O)NC(=O)Nc3cccc(C(F)F)c3)on2)nc1. The van der Waals surface area contributed by atoms with Gasteiger partial charge in [0, 0.05) is 28.6 Å². The van der Waals surface area contributed by atoms with Gasteiger partial charge in [-0.1, -0.05) is 23.4 Å². The van der Waals surface area contributed by atoms with E-state index in [2.05, 4.69) is 26.0 Å². The van der Waals surface area contributed by atoms with Crippen molar-refractivity contribution in [2.24, 2.45) is 0 Å². The van der Waals surface area contributed by atoms with Gasteiger partial charge in [0.05, 0.1) is 5.69 Å². The summed E-state index contributed by atoms with van der Waals surface area (Å²) in [5.41, 5.74) is 3.01. The molecule has 0 aliphatic rings. The van der Waals surface area contributed by atoms with Crippen LogP contribution in [0.5, 0.6) is 0 Å². The number of aromatic nitrogens is 4. The van der Waals surface area contributed by atoms with Crippen molar-refractivity contribution in [3.63, 3.8) is 0 Å². The fraction of sp³-hybridized carbons (Fsp3) is 0.182. The molecule has 4 aromatic rings. The lowest BCUT2D eigenvalue weighted by atomic mass is 10.1. The molecule has 0 spiro atoms. The van der Waals surface area contributed by atoms with E-state index in [1.54, 1.807) is 12.3 Å². The molecule has 0 radical (unpaired) electrons. The highest BCUT2D eigenvalue weighted by atomic mass is 19.3. The number of alkyl halides is 2. The van der Waals surface area contributed by atoms with Crippen molar-refractivity contribution in [2.45, 2.75) is 26.8 Å². The molecule has 3 amide bonds. The van der Waals surface area contributed by atoms with Crippen LogP contribution < -0.4 is 15.3 Å². The van der Waals surface area contributed by atoms with E-state index in [1.807, 2.05) is 19.9 Å². The summed E-state index contributed by atoms with van der Waals surface area (Å²) in [4.78, 5) is 28.7. The number of aryl methyl sites for hydroxylation is 2.